The first-order valence-corrected chi connectivity index (χ1v) is 11.5. The molecule has 32 heavy (non-hydrogen) atoms. The summed E-state index contributed by atoms with van der Waals surface area (Å²) in [4.78, 5) is 15.4. The molecule has 170 valence electrons. The van der Waals surface area contributed by atoms with Gasteiger partial charge in [-0.3, -0.25) is 4.90 Å². The fourth-order valence-electron chi connectivity index (χ4n) is 6.34. The van der Waals surface area contributed by atoms with Crippen molar-refractivity contribution in [1.82, 2.24) is 4.90 Å². The van der Waals surface area contributed by atoms with Gasteiger partial charge in [0.25, 0.3) is 0 Å². The topological polar surface area (TPSA) is 61.8 Å². The second-order valence-corrected chi connectivity index (χ2v) is 9.96. The molecule has 2 N–H and O–H groups in total. The number of nitrogens with zero attached hydrogens (tertiary/aromatic N) is 1. The van der Waals surface area contributed by atoms with Crippen molar-refractivity contribution in [2.24, 2.45) is 5.92 Å². The second kappa shape index (κ2) is 7.72. The number of benzene rings is 2. The van der Waals surface area contributed by atoms with Gasteiger partial charge in [-0.05, 0) is 66.1 Å². The SMILES string of the molecule is COC(=O)[C@@]12CC[C@@]3(c4ccc(F)cc4CN3C[C@@H](C)CO)C(C1)c1c(Cl)cccc1N2. The van der Waals surface area contributed by atoms with Gasteiger partial charge in [0.2, 0.25) is 0 Å². The predicted molar refractivity (Wildman–Crippen MR) is 121 cm³/mol. The highest BCUT2D eigenvalue weighted by Crippen LogP contribution is 2.62. The van der Waals surface area contributed by atoms with Crippen molar-refractivity contribution in [3.8, 4) is 0 Å². The zero-order valence-corrected chi connectivity index (χ0v) is 19.1. The Hall–Kier alpha value is -2.15. The number of carbonyl (C=O) groups is 1. The van der Waals surface area contributed by atoms with E-state index >= 15 is 0 Å². The van der Waals surface area contributed by atoms with Gasteiger partial charge >= 0.3 is 5.97 Å². The third-order valence-electron chi connectivity index (χ3n) is 7.72. The van der Waals surface area contributed by atoms with Crippen molar-refractivity contribution in [3.05, 3.63) is 63.9 Å². The number of aliphatic hydroxyl groups is 1. The van der Waals surface area contributed by atoms with Crippen molar-refractivity contribution in [2.75, 3.05) is 25.6 Å². The number of rotatable bonds is 4. The van der Waals surface area contributed by atoms with E-state index in [4.69, 9.17) is 16.3 Å². The normalized spacial score (nSPS) is 29.2. The number of carbonyl (C=O) groups excluding carboxylic acids is 1. The summed E-state index contributed by atoms with van der Waals surface area (Å²) in [6.07, 6.45) is 1.82. The minimum atomic E-state index is -0.820. The highest BCUT2D eigenvalue weighted by atomic mass is 35.5. The van der Waals surface area contributed by atoms with Crippen molar-refractivity contribution >= 4 is 23.3 Å². The predicted octanol–water partition coefficient (Wildman–Crippen LogP) is 4.42. The quantitative estimate of drug-likeness (QED) is 0.664. The summed E-state index contributed by atoms with van der Waals surface area (Å²) in [6.45, 7) is 3.36. The molecule has 5 rings (SSSR count). The van der Waals surface area contributed by atoms with Gasteiger partial charge in [0.1, 0.15) is 11.4 Å². The first kappa shape index (κ1) is 21.7. The van der Waals surface area contributed by atoms with Gasteiger partial charge in [-0.25, -0.2) is 9.18 Å². The summed E-state index contributed by atoms with van der Waals surface area (Å²) in [5.74, 6) is -0.543. The molecule has 2 aromatic carbocycles. The number of ether oxygens (including phenoxy) is 1. The zero-order valence-electron chi connectivity index (χ0n) is 18.3. The van der Waals surface area contributed by atoms with Gasteiger partial charge in [-0.1, -0.05) is 30.7 Å². The molecule has 1 unspecified atom stereocenters. The third kappa shape index (κ3) is 3.00. The number of methoxy groups -OCH3 is 1. The second-order valence-electron chi connectivity index (χ2n) is 9.55. The maximum atomic E-state index is 14.2. The van der Waals surface area contributed by atoms with E-state index in [-0.39, 0.29) is 30.2 Å². The molecule has 1 aliphatic carbocycles. The molecule has 4 atom stereocenters. The highest BCUT2D eigenvalue weighted by molar-refractivity contribution is 6.32. The van der Waals surface area contributed by atoms with E-state index in [9.17, 15) is 14.3 Å². The van der Waals surface area contributed by atoms with Gasteiger partial charge in [0.15, 0.2) is 0 Å². The van der Waals surface area contributed by atoms with Crippen LogP contribution in [0.25, 0.3) is 0 Å². The van der Waals surface area contributed by atoms with Crippen LogP contribution < -0.4 is 5.32 Å². The van der Waals surface area contributed by atoms with Crippen LogP contribution in [0.5, 0.6) is 0 Å². The third-order valence-corrected chi connectivity index (χ3v) is 8.05. The molecule has 0 radical (unpaired) electrons. The van der Waals surface area contributed by atoms with E-state index in [2.05, 4.69) is 10.2 Å². The number of hydrogen-bond acceptors (Lipinski definition) is 5. The van der Waals surface area contributed by atoms with Gasteiger partial charge < -0.3 is 15.2 Å². The first-order valence-electron chi connectivity index (χ1n) is 11.1. The van der Waals surface area contributed by atoms with Crippen LogP contribution in [0.1, 0.15) is 48.8 Å². The zero-order chi connectivity index (χ0) is 22.7. The molecule has 5 nitrogen and oxygen atoms in total. The Morgan fingerprint density at radius 3 is 2.94 bits per heavy atom. The molecule has 0 aromatic heterocycles. The molecule has 7 heteroatoms. The van der Waals surface area contributed by atoms with Crippen LogP contribution in [0.4, 0.5) is 10.1 Å². The lowest BCUT2D eigenvalue weighted by Crippen LogP contribution is -2.61. The van der Waals surface area contributed by atoms with Gasteiger partial charge in [0, 0.05) is 36.3 Å². The highest BCUT2D eigenvalue weighted by Gasteiger charge is 2.61. The molecule has 0 amide bonds. The maximum Gasteiger partial charge on any atom is 0.331 e. The molecule has 1 spiro atoms. The Morgan fingerprint density at radius 1 is 1.38 bits per heavy atom. The lowest BCUT2D eigenvalue weighted by Gasteiger charge is -2.57. The smallest absolute Gasteiger partial charge is 0.331 e. The summed E-state index contributed by atoms with van der Waals surface area (Å²) < 4.78 is 19.4. The molecule has 0 saturated heterocycles. The van der Waals surface area contributed by atoms with Gasteiger partial charge in [-0.15, -0.1) is 0 Å². The number of fused-ring (bicyclic) bond motifs is 7. The Labute approximate surface area is 192 Å². The van der Waals surface area contributed by atoms with E-state index in [1.165, 1.54) is 13.2 Å². The molecule has 2 aromatic rings. The minimum Gasteiger partial charge on any atom is -0.467 e. The summed E-state index contributed by atoms with van der Waals surface area (Å²) in [6, 6.07) is 10.8. The Bertz CT molecular complexity index is 1080. The average Bonchev–Trinajstić information content (AvgIpc) is 3.08. The molecule has 2 bridgehead atoms. The number of halogens is 2. The van der Waals surface area contributed by atoms with Crippen LogP contribution in [0.2, 0.25) is 5.02 Å². The number of aliphatic hydroxyl groups excluding tert-OH is 1. The lowest BCUT2D eigenvalue weighted by molar-refractivity contribution is -0.149. The van der Waals surface area contributed by atoms with Crippen molar-refractivity contribution in [1.29, 1.82) is 0 Å². The van der Waals surface area contributed by atoms with Crippen molar-refractivity contribution in [3.63, 3.8) is 0 Å². The number of anilines is 1. The van der Waals surface area contributed by atoms with Gasteiger partial charge in [0.05, 0.1) is 12.6 Å². The van der Waals surface area contributed by atoms with Crippen LogP contribution in [-0.4, -0.2) is 41.8 Å². The van der Waals surface area contributed by atoms with Crippen LogP contribution in [0.3, 0.4) is 0 Å². The van der Waals surface area contributed by atoms with Crippen LogP contribution in [-0.2, 0) is 21.6 Å². The van der Waals surface area contributed by atoms with E-state index in [1.807, 2.05) is 31.2 Å². The summed E-state index contributed by atoms with van der Waals surface area (Å²) >= 11 is 6.77. The van der Waals surface area contributed by atoms with Crippen molar-refractivity contribution in [2.45, 2.75) is 49.7 Å². The molecule has 2 aliphatic heterocycles. The van der Waals surface area contributed by atoms with Gasteiger partial charge in [-0.2, -0.15) is 0 Å². The molecule has 2 heterocycles. The summed E-state index contributed by atoms with van der Waals surface area (Å²) in [5.41, 5.74) is 2.65. The Morgan fingerprint density at radius 2 is 2.19 bits per heavy atom. The van der Waals surface area contributed by atoms with E-state index < -0.39 is 11.1 Å². The number of hydrogen-bond donors (Lipinski definition) is 2. The Kier molecular flexibility index (Phi) is 5.23. The van der Waals surface area contributed by atoms with E-state index in [0.717, 1.165) is 22.4 Å². The minimum absolute atomic E-state index is 0.0609. The van der Waals surface area contributed by atoms with E-state index in [1.54, 1.807) is 6.07 Å². The summed E-state index contributed by atoms with van der Waals surface area (Å²) in [5, 5.41) is 13.9. The van der Waals surface area contributed by atoms with E-state index in [0.29, 0.717) is 37.4 Å². The molecule has 3 aliphatic rings. The molecular formula is C25H28ClFN2O3. The van der Waals surface area contributed by atoms with Crippen LogP contribution in [0.15, 0.2) is 36.4 Å². The molecule has 1 saturated carbocycles. The maximum absolute atomic E-state index is 14.2. The standard InChI is InChI=1S/C25H28ClFN2O3/c1-15(14-30)12-29-13-16-10-17(27)6-7-18(16)25(29)9-8-24(23(31)32-2)11-19(25)22-20(26)4-3-5-21(22)28-24/h3-7,10,15,19,28,30H,8-9,11-14H2,1-2H3/t15-,19?,24-,25-/m1/s1. The number of nitrogens with one attached hydrogen (secondary N) is 1. The van der Waals surface area contributed by atoms with Crippen LogP contribution in [0, 0.1) is 11.7 Å². The Balaban J connectivity index is 1.73. The average molecular weight is 459 g/mol. The number of esters is 1. The monoisotopic (exact) mass is 458 g/mol. The fourth-order valence-corrected chi connectivity index (χ4v) is 6.64. The fraction of sp³-hybridized carbons (Fsp3) is 0.480. The largest absolute Gasteiger partial charge is 0.467 e. The lowest BCUT2D eigenvalue weighted by atomic mass is 9.58. The summed E-state index contributed by atoms with van der Waals surface area (Å²) in [7, 11) is 1.43. The molecule has 1 fully saturated rings. The van der Waals surface area contributed by atoms with Crippen molar-refractivity contribution < 1.29 is 19.0 Å². The first-order chi connectivity index (χ1) is 15.3. The molecular weight excluding hydrogens is 431 g/mol. The van der Waals surface area contributed by atoms with Crippen LogP contribution >= 0.6 is 11.6 Å².